The van der Waals surface area contributed by atoms with Gasteiger partial charge in [-0.1, -0.05) is 202 Å². The lowest BCUT2D eigenvalue weighted by atomic mass is 9.67. The average Bonchev–Trinajstić information content (AvgIpc) is 4.07. The largest absolute Gasteiger partial charge is 0.456 e. The summed E-state index contributed by atoms with van der Waals surface area (Å²) >= 11 is 0. The van der Waals surface area contributed by atoms with Crippen LogP contribution >= 0.6 is 0 Å². The van der Waals surface area contributed by atoms with E-state index in [1.54, 1.807) is 0 Å². The maximum Gasteiger partial charge on any atom is 0.139 e. The average molecular weight is 870 g/mol. The lowest BCUT2D eigenvalue weighted by Gasteiger charge is -2.35. The molecular formula is C66H47NO. The van der Waals surface area contributed by atoms with Gasteiger partial charge in [-0.3, -0.25) is 0 Å². The lowest BCUT2D eigenvalue weighted by molar-refractivity contribution is 0.638. The van der Waals surface area contributed by atoms with Crippen molar-refractivity contribution in [2.45, 2.75) is 37.0 Å². The van der Waals surface area contributed by atoms with Gasteiger partial charge in [0, 0.05) is 44.2 Å². The predicted octanol–water partition coefficient (Wildman–Crippen LogP) is 17.1. The van der Waals surface area contributed by atoms with Crippen molar-refractivity contribution < 1.29 is 4.42 Å². The number of rotatable bonds is 6. The van der Waals surface area contributed by atoms with Crippen LogP contribution in [0.5, 0.6) is 0 Å². The van der Waals surface area contributed by atoms with E-state index >= 15 is 0 Å². The van der Waals surface area contributed by atoms with E-state index < -0.39 is 10.8 Å². The molecule has 0 spiro atoms. The van der Waals surface area contributed by atoms with Crippen LogP contribution in [0.25, 0.3) is 55.3 Å². The number of fused-ring (bicyclic) bond motifs is 12. The summed E-state index contributed by atoms with van der Waals surface area (Å²) in [5.74, 6) is 0. The van der Waals surface area contributed by atoms with Crippen molar-refractivity contribution >= 4 is 39.0 Å². The van der Waals surface area contributed by atoms with Crippen LogP contribution in [0, 0.1) is 0 Å². The van der Waals surface area contributed by atoms with Gasteiger partial charge in [0.05, 0.1) is 5.41 Å². The van der Waals surface area contributed by atoms with Gasteiger partial charge in [0.15, 0.2) is 0 Å². The zero-order chi connectivity index (χ0) is 45.4. The lowest BCUT2D eigenvalue weighted by Crippen LogP contribution is -2.28. The van der Waals surface area contributed by atoms with Gasteiger partial charge < -0.3 is 9.32 Å². The Labute approximate surface area is 397 Å². The van der Waals surface area contributed by atoms with Crippen LogP contribution in [0.2, 0.25) is 0 Å². The first-order valence-corrected chi connectivity index (χ1v) is 23.9. The van der Waals surface area contributed by atoms with Crippen molar-refractivity contribution in [1.29, 1.82) is 0 Å². The summed E-state index contributed by atoms with van der Waals surface area (Å²) in [5, 5.41) is 2.21. The fourth-order valence-corrected chi connectivity index (χ4v) is 12.9. The predicted molar refractivity (Wildman–Crippen MR) is 281 cm³/mol. The Hall–Kier alpha value is -8.20. The van der Waals surface area contributed by atoms with E-state index in [-0.39, 0.29) is 5.41 Å². The van der Waals surface area contributed by atoms with Crippen LogP contribution < -0.4 is 4.90 Å². The van der Waals surface area contributed by atoms with Crippen molar-refractivity contribution in [2.24, 2.45) is 0 Å². The summed E-state index contributed by atoms with van der Waals surface area (Å²) in [7, 11) is 0. The van der Waals surface area contributed by atoms with E-state index in [1.165, 1.54) is 83.5 Å². The monoisotopic (exact) mass is 869 g/mol. The van der Waals surface area contributed by atoms with Gasteiger partial charge in [-0.05, 0) is 127 Å². The van der Waals surface area contributed by atoms with E-state index in [1.807, 2.05) is 0 Å². The number of para-hydroxylation sites is 1. The molecule has 2 nitrogen and oxygen atoms in total. The molecule has 1 heterocycles. The Bertz CT molecular complexity index is 3770. The van der Waals surface area contributed by atoms with E-state index in [2.05, 4.69) is 256 Å². The number of hydrogen-bond acceptors (Lipinski definition) is 2. The molecule has 0 aliphatic heterocycles. The highest BCUT2D eigenvalue weighted by molar-refractivity contribution is 6.08. The molecule has 0 bridgehead atoms. The highest BCUT2D eigenvalue weighted by Gasteiger charge is 2.47. The molecule has 322 valence electrons. The zero-order valence-electron chi connectivity index (χ0n) is 38.3. The third kappa shape index (κ3) is 5.12. The second kappa shape index (κ2) is 14.2. The van der Waals surface area contributed by atoms with Gasteiger partial charge in [0.1, 0.15) is 11.2 Å². The number of anilines is 3. The molecule has 10 aromatic carbocycles. The van der Waals surface area contributed by atoms with E-state index in [4.69, 9.17) is 4.42 Å². The molecule has 3 aliphatic rings. The minimum absolute atomic E-state index is 0.169. The second-order valence-electron chi connectivity index (χ2n) is 19.7. The first-order valence-electron chi connectivity index (χ1n) is 23.9. The molecule has 0 fully saturated rings. The first-order chi connectivity index (χ1) is 33.4. The van der Waals surface area contributed by atoms with Crippen LogP contribution in [0.3, 0.4) is 0 Å². The Morgan fingerprint density at radius 1 is 0.324 bits per heavy atom. The van der Waals surface area contributed by atoms with Crippen LogP contribution in [0.15, 0.2) is 235 Å². The molecule has 0 N–H and O–H groups in total. The van der Waals surface area contributed by atoms with Crippen LogP contribution in [0.4, 0.5) is 17.1 Å². The standard InChI is InChI=1S/C66H47NO/c1-64(2)55-28-14-10-23-47(55)51-36-33-45(40-60(51)64)67(46-34-37-52-50-26-13-17-31-58(50)66(61(52)41-46,42-19-6-4-7-20-42)43-21-8-5-9-22-43)44-35-38-62-54(39-44)53-27-18-32-59(63(53)68-62)65(3)56-29-15-11-24-48(56)49-25-12-16-30-57(49)65/h4-41H,1-3H3. The molecule has 14 rings (SSSR count). The molecule has 11 aromatic rings. The molecule has 0 unspecified atom stereocenters. The second-order valence-corrected chi connectivity index (χ2v) is 19.7. The Kier molecular flexibility index (Phi) is 8.12. The number of nitrogens with zero attached hydrogens (tertiary/aromatic N) is 1. The van der Waals surface area contributed by atoms with E-state index in [0.29, 0.717) is 0 Å². The summed E-state index contributed by atoms with van der Waals surface area (Å²) < 4.78 is 7.06. The van der Waals surface area contributed by atoms with Gasteiger partial charge in [0.25, 0.3) is 0 Å². The van der Waals surface area contributed by atoms with E-state index in [9.17, 15) is 0 Å². The molecule has 0 atom stereocenters. The molecule has 0 amide bonds. The highest BCUT2D eigenvalue weighted by atomic mass is 16.3. The topological polar surface area (TPSA) is 16.4 Å². The summed E-state index contributed by atoms with van der Waals surface area (Å²) in [5.41, 5.74) is 23.3. The molecule has 0 radical (unpaired) electrons. The highest BCUT2D eigenvalue weighted by Crippen LogP contribution is 2.59. The maximum atomic E-state index is 7.06. The summed E-state index contributed by atoms with van der Waals surface area (Å²) in [6.45, 7) is 7.11. The van der Waals surface area contributed by atoms with Crippen LogP contribution in [-0.4, -0.2) is 0 Å². The third-order valence-electron chi connectivity index (χ3n) is 16.0. The Balaban J connectivity index is 1.01. The van der Waals surface area contributed by atoms with Gasteiger partial charge in [0.2, 0.25) is 0 Å². The quantitative estimate of drug-likeness (QED) is 0.166. The zero-order valence-corrected chi connectivity index (χ0v) is 38.3. The number of furan rings is 1. The van der Waals surface area contributed by atoms with Crippen LogP contribution in [0.1, 0.15) is 70.8 Å². The molecule has 2 heteroatoms. The fraction of sp³-hybridized carbons (Fsp3) is 0.0909. The smallest absolute Gasteiger partial charge is 0.139 e. The summed E-state index contributed by atoms with van der Waals surface area (Å²) in [6, 6.07) is 85.7. The maximum absolute atomic E-state index is 7.06. The van der Waals surface area contributed by atoms with Crippen LogP contribution in [-0.2, 0) is 16.2 Å². The fourth-order valence-electron chi connectivity index (χ4n) is 12.9. The molecule has 3 aliphatic carbocycles. The Morgan fingerprint density at radius 2 is 0.765 bits per heavy atom. The van der Waals surface area contributed by atoms with Gasteiger partial charge in [-0.15, -0.1) is 0 Å². The van der Waals surface area contributed by atoms with Crippen molar-refractivity contribution in [3.05, 3.63) is 281 Å². The molecule has 0 saturated carbocycles. The number of benzene rings is 10. The van der Waals surface area contributed by atoms with Gasteiger partial charge in [-0.2, -0.15) is 0 Å². The van der Waals surface area contributed by atoms with Gasteiger partial charge >= 0.3 is 0 Å². The van der Waals surface area contributed by atoms with Crippen molar-refractivity contribution in [3.63, 3.8) is 0 Å². The summed E-state index contributed by atoms with van der Waals surface area (Å²) in [4.78, 5) is 2.48. The molecular weight excluding hydrogens is 823 g/mol. The van der Waals surface area contributed by atoms with Crippen molar-refractivity contribution in [2.75, 3.05) is 4.90 Å². The van der Waals surface area contributed by atoms with Crippen molar-refractivity contribution in [1.82, 2.24) is 0 Å². The van der Waals surface area contributed by atoms with Gasteiger partial charge in [-0.25, -0.2) is 0 Å². The minimum Gasteiger partial charge on any atom is -0.456 e. The minimum atomic E-state index is -0.535. The van der Waals surface area contributed by atoms with E-state index in [0.717, 1.165) is 39.0 Å². The third-order valence-corrected chi connectivity index (χ3v) is 16.0. The normalized spacial score (nSPS) is 15.0. The SMILES string of the molecule is CC1(C)c2ccccc2-c2ccc(N(c3ccc4c(c3)C(c3ccccc3)(c3ccccc3)c3ccccc3-4)c3ccc4oc5c(C6(C)c7ccccc7-c7ccccc76)cccc5c4c3)cc21. The van der Waals surface area contributed by atoms with Crippen molar-refractivity contribution in [3.8, 4) is 33.4 Å². The molecule has 68 heavy (non-hydrogen) atoms. The molecule has 0 saturated heterocycles. The Morgan fingerprint density at radius 3 is 1.38 bits per heavy atom. The summed E-state index contributed by atoms with van der Waals surface area (Å²) in [6.07, 6.45) is 0. The molecule has 1 aromatic heterocycles. The first kappa shape index (κ1) is 39.0. The number of hydrogen-bond donors (Lipinski definition) is 0.